The molecule has 1 aromatic heterocycles. The zero-order chi connectivity index (χ0) is 18.4. The summed E-state index contributed by atoms with van der Waals surface area (Å²) in [6.07, 6.45) is 0.665. The second-order valence-corrected chi connectivity index (χ2v) is 7.16. The summed E-state index contributed by atoms with van der Waals surface area (Å²) in [6, 6.07) is 8.28. The van der Waals surface area contributed by atoms with Crippen molar-refractivity contribution in [2.75, 3.05) is 0 Å². The van der Waals surface area contributed by atoms with E-state index in [9.17, 15) is 10.2 Å². The topological polar surface area (TPSA) is 97.8 Å². The van der Waals surface area contributed by atoms with Gasteiger partial charge in [0.1, 0.15) is 27.7 Å². The van der Waals surface area contributed by atoms with E-state index in [-0.39, 0.29) is 10.9 Å². The predicted octanol–water partition coefficient (Wildman–Crippen LogP) is 2.46. The van der Waals surface area contributed by atoms with Crippen LogP contribution in [0.2, 0.25) is 0 Å². The predicted molar refractivity (Wildman–Crippen MR) is 96.9 cm³/mol. The van der Waals surface area contributed by atoms with Gasteiger partial charge in [-0.3, -0.25) is 0 Å². The van der Waals surface area contributed by atoms with Gasteiger partial charge in [0.2, 0.25) is 5.88 Å². The molecule has 2 heterocycles. The van der Waals surface area contributed by atoms with Crippen molar-refractivity contribution in [3.63, 3.8) is 0 Å². The van der Waals surface area contributed by atoms with Crippen molar-refractivity contribution in [2.24, 2.45) is 5.73 Å². The first kappa shape index (κ1) is 17.4. The Morgan fingerprint density at radius 2 is 2.00 bits per heavy atom. The molecule has 1 aliphatic heterocycles. The largest absolute Gasteiger partial charge is 0.493 e. The molecule has 0 radical (unpaired) electrons. The number of fused-ring (bicyclic) bond motifs is 1. The maximum absolute atomic E-state index is 11.2. The molecule has 1 aliphatic rings. The standard InChI is InChI=1S/C18H20N2O4S/c1-17(2)18(3,22)15(23-11-6-7-20-14(21)9-11)12-8-10(16(19)25)4-5-13(12)24-17/h4-9,15,22H,1-3H3,(H2,19,25)(H,20,21). The summed E-state index contributed by atoms with van der Waals surface area (Å²) in [6.45, 7) is 5.23. The fourth-order valence-corrected chi connectivity index (χ4v) is 2.91. The summed E-state index contributed by atoms with van der Waals surface area (Å²) in [4.78, 5) is 3.98. The lowest BCUT2D eigenvalue weighted by Gasteiger charge is -2.49. The van der Waals surface area contributed by atoms with E-state index in [1.807, 2.05) is 0 Å². The number of thiocarbonyl (C=S) groups is 1. The molecule has 2 unspecified atom stereocenters. The number of ether oxygens (including phenoxy) is 2. The summed E-state index contributed by atoms with van der Waals surface area (Å²) in [7, 11) is 0. The molecule has 0 aliphatic carbocycles. The number of rotatable bonds is 3. The van der Waals surface area contributed by atoms with E-state index in [4.69, 9.17) is 27.4 Å². The lowest BCUT2D eigenvalue weighted by Crippen LogP contribution is -2.59. The molecule has 0 bridgehead atoms. The van der Waals surface area contributed by atoms with Crippen LogP contribution in [0, 0.1) is 0 Å². The minimum atomic E-state index is -1.37. The number of nitrogens with zero attached hydrogens (tertiary/aromatic N) is 1. The van der Waals surface area contributed by atoms with Crippen LogP contribution in [0.4, 0.5) is 0 Å². The Morgan fingerprint density at radius 1 is 1.28 bits per heavy atom. The zero-order valence-corrected chi connectivity index (χ0v) is 15.0. The molecule has 4 N–H and O–H groups in total. The highest BCUT2D eigenvalue weighted by Crippen LogP contribution is 2.48. The van der Waals surface area contributed by atoms with Crippen LogP contribution >= 0.6 is 12.2 Å². The van der Waals surface area contributed by atoms with Crippen LogP contribution < -0.4 is 15.2 Å². The van der Waals surface area contributed by atoms with Gasteiger partial charge in [0, 0.05) is 23.4 Å². The smallest absolute Gasteiger partial charge is 0.214 e. The van der Waals surface area contributed by atoms with Gasteiger partial charge in [-0.2, -0.15) is 0 Å². The number of benzene rings is 1. The van der Waals surface area contributed by atoms with Gasteiger partial charge in [0.25, 0.3) is 0 Å². The molecule has 0 saturated heterocycles. The second kappa shape index (κ2) is 5.86. The molecule has 7 heteroatoms. The third-order valence-electron chi connectivity index (χ3n) is 4.64. The van der Waals surface area contributed by atoms with Crippen LogP contribution in [0.25, 0.3) is 0 Å². The Balaban J connectivity index is 2.12. The first-order valence-electron chi connectivity index (χ1n) is 7.78. The summed E-state index contributed by atoms with van der Waals surface area (Å²) in [5, 5.41) is 20.8. The van der Waals surface area contributed by atoms with Crippen LogP contribution in [0.5, 0.6) is 17.4 Å². The molecule has 0 amide bonds. The normalized spacial score (nSPS) is 24.1. The molecule has 132 valence electrons. The van der Waals surface area contributed by atoms with Crippen LogP contribution in [0.15, 0.2) is 36.5 Å². The summed E-state index contributed by atoms with van der Waals surface area (Å²) in [5.41, 5.74) is 4.73. The van der Waals surface area contributed by atoms with Crippen LogP contribution in [-0.2, 0) is 0 Å². The maximum Gasteiger partial charge on any atom is 0.214 e. The van der Waals surface area contributed by atoms with Gasteiger partial charge in [-0.15, -0.1) is 0 Å². The van der Waals surface area contributed by atoms with Gasteiger partial charge in [-0.25, -0.2) is 4.98 Å². The van der Waals surface area contributed by atoms with E-state index in [0.29, 0.717) is 22.6 Å². The molecule has 0 fully saturated rings. The third kappa shape index (κ3) is 3.01. The third-order valence-corrected chi connectivity index (χ3v) is 4.88. The monoisotopic (exact) mass is 360 g/mol. The first-order chi connectivity index (χ1) is 11.6. The van der Waals surface area contributed by atoms with E-state index in [1.165, 1.54) is 12.3 Å². The van der Waals surface area contributed by atoms with Crippen molar-refractivity contribution in [1.82, 2.24) is 4.98 Å². The van der Waals surface area contributed by atoms with Gasteiger partial charge in [-0.05, 0) is 45.0 Å². The fourth-order valence-electron chi connectivity index (χ4n) is 2.78. The summed E-state index contributed by atoms with van der Waals surface area (Å²) >= 11 is 5.05. The van der Waals surface area contributed by atoms with Crippen LogP contribution in [0.3, 0.4) is 0 Å². The molecule has 6 nitrogen and oxygen atoms in total. The zero-order valence-electron chi connectivity index (χ0n) is 14.2. The maximum atomic E-state index is 11.2. The van der Waals surface area contributed by atoms with Gasteiger partial charge < -0.3 is 25.4 Å². The molecule has 25 heavy (non-hydrogen) atoms. The van der Waals surface area contributed by atoms with Crippen LogP contribution in [-0.4, -0.2) is 31.4 Å². The Morgan fingerprint density at radius 3 is 2.64 bits per heavy atom. The molecular formula is C18H20N2O4S. The quantitative estimate of drug-likeness (QED) is 0.723. The number of nitrogens with two attached hydrogens (primary N) is 1. The number of aromatic hydroxyl groups is 1. The van der Waals surface area contributed by atoms with E-state index in [0.717, 1.165) is 0 Å². The summed E-state index contributed by atoms with van der Waals surface area (Å²) < 4.78 is 12.0. The second-order valence-electron chi connectivity index (χ2n) is 6.72. The van der Waals surface area contributed by atoms with Crippen molar-refractivity contribution >= 4 is 17.2 Å². The van der Waals surface area contributed by atoms with Crippen molar-refractivity contribution in [3.05, 3.63) is 47.7 Å². The molecule has 3 rings (SSSR count). The number of hydrogen-bond donors (Lipinski definition) is 3. The summed E-state index contributed by atoms with van der Waals surface area (Å²) in [5.74, 6) is 0.794. The first-order valence-corrected chi connectivity index (χ1v) is 8.19. The van der Waals surface area contributed by atoms with Crippen LogP contribution in [0.1, 0.15) is 38.0 Å². The van der Waals surface area contributed by atoms with Gasteiger partial charge in [0.05, 0.1) is 0 Å². The van der Waals surface area contributed by atoms with Gasteiger partial charge >= 0.3 is 0 Å². The minimum absolute atomic E-state index is 0.166. The molecule has 0 saturated carbocycles. The highest BCUT2D eigenvalue weighted by Gasteiger charge is 2.54. The number of aliphatic hydroxyl groups is 1. The Hall–Kier alpha value is -2.38. The number of pyridine rings is 1. The lowest BCUT2D eigenvalue weighted by molar-refractivity contribution is -0.174. The average Bonchev–Trinajstić information content (AvgIpc) is 2.51. The molecule has 0 spiro atoms. The molecule has 2 atom stereocenters. The average molecular weight is 360 g/mol. The van der Waals surface area contributed by atoms with Crippen molar-refractivity contribution in [2.45, 2.75) is 38.1 Å². The van der Waals surface area contributed by atoms with E-state index < -0.39 is 17.3 Å². The number of aromatic nitrogens is 1. The minimum Gasteiger partial charge on any atom is -0.493 e. The molecular weight excluding hydrogens is 340 g/mol. The van der Waals surface area contributed by atoms with E-state index >= 15 is 0 Å². The fraction of sp³-hybridized carbons (Fsp3) is 0.333. The molecule has 2 aromatic rings. The van der Waals surface area contributed by atoms with Crippen molar-refractivity contribution in [3.8, 4) is 17.4 Å². The van der Waals surface area contributed by atoms with Gasteiger partial charge in [-0.1, -0.05) is 12.2 Å². The Labute approximate surface area is 151 Å². The lowest BCUT2D eigenvalue weighted by atomic mass is 9.76. The van der Waals surface area contributed by atoms with E-state index in [1.54, 1.807) is 45.0 Å². The van der Waals surface area contributed by atoms with Crippen molar-refractivity contribution < 1.29 is 19.7 Å². The number of hydrogen-bond acceptors (Lipinski definition) is 6. The molecule has 1 aromatic carbocycles. The van der Waals surface area contributed by atoms with Crippen molar-refractivity contribution in [1.29, 1.82) is 0 Å². The SMILES string of the molecule is CC1(C)Oc2ccc(C(N)=S)cc2C(Oc2ccnc(O)c2)C1(C)O. The highest BCUT2D eigenvalue weighted by molar-refractivity contribution is 7.80. The highest BCUT2D eigenvalue weighted by atomic mass is 32.1. The van der Waals surface area contributed by atoms with Gasteiger partial charge in [0.15, 0.2) is 6.10 Å². The Kier molecular flexibility index (Phi) is 4.09. The Bertz CT molecular complexity index is 836. The van der Waals surface area contributed by atoms with E-state index in [2.05, 4.69) is 4.98 Å².